The van der Waals surface area contributed by atoms with Gasteiger partial charge >= 0.3 is 6.03 Å². The molecule has 7 nitrogen and oxygen atoms in total. The molecule has 4 amide bonds. The zero-order chi connectivity index (χ0) is 17.5. The molecule has 126 valence electrons. The van der Waals surface area contributed by atoms with Gasteiger partial charge in [0.15, 0.2) is 0 Å². The van der Waals surface area contributed by atoms with Gasteiger partial charge in [0.1, 0.15) is 0 Å². The highest BCUT2D eigenvalue weighted by Crippen LogP contribution is 2.23. The van der Waals surface area contributed by atoms with Crippen molar-refractivity contribution in [3.8, 4) is 0 Å². The minimum Gasteiger partial charge on any atom is -0.352 e. The summed E-state index contributed by atoms with van der Waals surface area (Å²) < 4.78 is 0. The third kappa shape index (κ3) is 5.40. The molecule has 2 aromatic rings. The van der Waals surface area contributed by atoms with Gasteiger partial charge in [-0.1, -0.05) is 12.1 Å². The third-order valence-electron chi connectivity index (χ3n) is 3.06. The Morgan fingerprint density at radius 1 is 1.12 bits per heavy atom. The van der Waals surface area contributed by atoms with E-state index >= 15 is 0 Å². The summed E-state index contributed by atoms with van der Waals surface area (Å²) in [6.45, 7) is 1.41. The maximum absolute atomic E-state index is 12.2. The number of rotatable bonds is 6. The van der Waals surface area contributed by atoms with Crippen molar-refractivity contribution < 1.29 is 14.4 Å². The van der Waals surface area contributed by atoms with Crippen molar-refractivity contribution in [2.45, 2.75) is 19.4 Å². The summed E-state index contributed by atoms with van der Waals surface area (Å²) in [7, 11) is 0. The van der Waals surface area contributed by atoms with E-state index in [2.05, 4.69) is 16.0 Å². The molecule has 2 rings (SSSR count). The van der Waals surface area contributed by atoms with Crippen LogP contribution in [0.15, 0.2) is 41.8 Å². The van der Waals surface area contributed by atoms with Gasteiger partial charge in [0.05, 0.1) is 12.5 Å². The number of nitrogens with two attached hydrogens (primary N) is 1. The van der Waals surface area contributed by atoms with Gasteiger partial charge in [0.2, 0.25) is 11.8 Å². The first-order valence-electron chi connectivity index (χ1n) is 7.21. The van der Waals surface area contributed by atoms with Crippen molar-refractivity contribution in [1.82, 2.24) is 5.32 Å². The van der Waals surface area contributed by atoms with Gasteiger partial charge < -0.3 is 21.7 Å². The molecule has 0 aliphatic heterocycles. The highest BCUT2D eigenvalue weighted by molar-refractivity contribution is 7.10. The molecule has 24 heavy (non-hydrogen) atoms. The quantitative estimate of drug-likeness (QED) is 0.644. The summed E-state index contributed by atoms with van der Waals surface area (Å²) in [5, 5.41) is 9.82. The predicted octanol–water partition coefficient (Wildman–Crippen LogP) is 2.44. The second-order valence-corrected chi connectivity index (χ2v) is 6.07. The monoisotopic (exact) mass is 346 g/mol. The highest BCUT2D eigenvalue weighted by Gasteiger charge is 2.18. The topological polar surface area (TPSA) is 113 Å². The molecule has 5 N–H and O–H groups in total. The number of carbonyl (C=O) groups is 3. The summed E-state index contributed by atoms with van der Waals surface area (Å²) in [4.78, 5) is 35.3. The minimum atomic E-state index is -0.686. The lowest BCUT2D eigenvalue weighted by Gasteiger charge is -2.16. The molecule has 8 heteroatoms. The Morgan fingerprint density at radius 3 is 2.42 bits per heavy atom. The number of hydrogen-bond acceptors (Lipinski definition) is 4. The van der Waals surface area contributed by atoms with Gasteiger partial charge in [-0.15, -0.1) is 11.3 Å². The van der Waals surface area contributed by atoms with Crippen LogP contribution in [0.2, 0.25) is 0 Å². The molecule has 1 aromatic heterocycles. The van der Waals surface area contributed by atoms with Crippen molar-refractivity contribution in [3.63, 3.8) is 0 Å². The summed E-state index contributed by atoms with van der Waals surface area (Å²) in [5.41, 5.74) is 6.32. The molecule has 1 atom stereocenters. The Labute approximate surface area is 143 Å². The highest BCUT2D eigenvalue weighted by atomic mass is 32.1. The molecule has 1 heterocycles. The molecule has 0 aliphatic carbocycles. The zero-order valence-corrected chi connectivity index (χ0v) is 13.9. The molecule has 0 saturated heterocycles. The normalized spacial score (nSPS) is 11.4. The van der Waals surface area contributed by atoms with Crippen LogP contribution in [0.5, 0.6) is 0 Å². The van der Waals surface area contributed by atoms with Crippen LogP contribution >= 0.6 is 11.3 Å². The van der Waals surface area contributed by atoms with E-state index in [1.54, 1.807) is 24.3 Å². The molecule has 0 fully saturated rings. The first-order chi connectivity index (χ1) is 11.4. The second-order valence-electron chi connectivity index (χ2n) is 5.09. The summed E-state index contributed by atoms with van der Waals surface area (Å²) in [6, 6.07) is 9.31. The molecule has 0 aliphatic rings. The lowest BCUT2D eigenvalue weighted by molar-refractivity contribution is -0.116. The van der Waals surface area contributed by atoms with Crippen molar-refractivity contribution in [2.75, 3.05) is 10.6 Å². The molecule has 1 unspecified atom stereocenters. The van der Waals surface area contributed by atoms with E-state index in [0.29, 0.717) is 11.4 Å². The Balaban J connectivity index is 2.03. The van der Waals surface area contributed by atoms with Gasteiger partial charge in [-0.2, -0.15) is 0 Å². The van der Waals surface area contributed by atoms with Crippen molar-refractivity contribution in [1.29, 1.82) is 0 Å². The Hall–Kier alpha value is -2.87. The van der Waals surface area contributed by atoms with E-state index in [1.807, 2.05) is 17.5 Å². The Morgan fingerprint density at radius 2 is 1.83 bits per heavy atom. The summed E-state index contributed by atoms with van der Waals surface area (Å²) in [6.07, 6.45) is 0.0494. The van der Waals surface area contributed by atoms with E-state index in [-0.39, 0.29) is 18.2 Å². The number of nitrogens with one attached hydrogen (secondary N) is 3. The van der Waals surface area contributed by atoms with Crippen LogP contribution in [-0.4, -0.2) is 17.8 Å². The van der Waals surface area contributed by atoms with Gasteiger partial charge in [0.25, 0.3) is 0 Å². The van der Waals surface area contributed by atoms with Crippen LogP contribution in [-0.2, 0) is 9.59 Å². The minimum absolute atomic E-state index is 0.0494. The first-order valence-corrected chi connectivity index (χ1v) is 8.09. The number of amides is 4. The Bertz CT molecular complexity index is 731. The van der Waals surface area contributed by atoms with Gasteiger partial charge in [-0.3, -0.25) is 9.59 Å². The number of urea groups is 1. The van der Waals surface area contributed by atoms with Crippen LogP contribution in [0.25, 0.3) is 0 Å². The first kappa shape index (κ1) is 17.5. The number of hydrogen-bond donors (Lipinski definition) is 4. The lowest BCUT2D eigenvalue weighted by Crippen LogP contribution is -2.34. The van der Waals surface area contributed by atoms with E-state index in [4.69, 9.17) is 5.73 Å². The van der Waals surface area contributed by atoms with Crippen LogP contribution in [0.3, 0.4) is 0 Å². The molecule has 0 radical (unpaired) electrons. The molecular weight excluding hydrogens is 328 g/mol. The Kier molecular flexibility index (Phi) is 5.91. The maximum atomic E-state index is 12.2. The van der Waals surface area contributed by atoms with E-state index < -0.39 is 12.1 Å². The van der Waals surface area contributed by atoms with Gasteiger partial charge in [-0.25, -0.2) is 4.79 Å². The maximum Gasteiger partial charge on any atom is 0.312 e. The van der Waals surface area contributed by atoms with Crippen LogP contribution < -0.4 is 21.7 Å². The number of benzene rings is 1. The molecule has 0 spiro atoms. The molecular formula is C16H18N4O3S. The molecule has 0 saturated carbocycles. The fraction of sp³-hybridized carbons (Fsp3) is 0.188. The van der Waals surface area contributed by atoms with E-state index in [1.165, 1.54) is 18.3 Å². The van der Waals surface area contributed by atoms with Crippen molar-refractivity contribution in [3.05, 3.63) is 46.7 Å². The predicted molar refractivity (Wildman–Crippen MR) is 93.8 cm³/mol. The summed E-state index contributed by atoms with van der Waals surface area (Å²) >= 11 is 1.43. The zero-order valence-electron chi connectivity index (χ0n) is 13.0. The summed E-state index contributed by atoms with van der Waals surface area (Å²) in [5.74, 6) is -0.469. The third-order valence-corrected chi connectivity index (χ3v) is 4.05. The van der Waals surface area contributed by atoms with Crippen molar-refractivity contribution in [2.24, 2.45) is 5.73 Å². The van der Waals surface area contributed by atoms with Gasteiger partial charge in [-0.05, 0) is 29.6 Å². The van der Waals surface area contributed by atoms with E-state index in [0.717, 1.165) is 4.88 Å². The van der Waals surface area contributed by atoms with Gasteiger partial charge in [0, 0.05) is 23.2 Å². The average Bonchev–Trinajstić information content (AvgIpc) is 2.99. The number of carbonyl (C=O) groups excluding carboxylic acids is 3. The fourth-order valence-electron chi connectivity index (χ4n) is 2.16. The average molecular weight is 346 g/mol. The van der Waals surface area contributed by atoms with Crippen LogP contribution in [0, 0.1) is 0 Å². The molecule has 0 bridgehead atoms. The smallest absolute Gasteiger partial charge is 0.312 e. The SMILES string of the molecule is CC(=O)Nc1cccc(NC(=O)CC(NC(N)=O)c2cccs2)c1. The van der Waals surface area contributed by atoms with Crippen LogP contribution in [0.4, 0.5) is 16.2 Å². The largest absolute Gasteiger partial charge is 0.352 e. The van der Waals surface area contributed by atoms with Crippen LogP contribution in [0.1, 0.15) is 24.3 Å². The number of primary amides is 1. The standard InChI is InChI=1S/C16H18N4O3S/c1-10(21)18-11-4-2-5-12(8-11)19-15(22)9-13(20-16(17)23)14-6-3-7-24-14/h2-8,13H,9H2,1H3,(H,18,21)(H,19,22)(H3,17,20,23). The molecule has 1 aromatic carbocycles. The van der Waals surface area contributed by atoms with E-state index in [9.17, 15) is 14.4 Å². The second kappa shape index (κ2) is 8.11. The fourth-order valence-corrected chi connectivity index (χ4v) is 2.94. The lowest BCUT2D eigenvalue weighted by atomic mass is 10.1. The van der Waals surface area contributed by atoms with Crippen molar-refractivity contribution >= 4 is 40.6 Å². The number of anilines is 2. The number of thiophene rings is 1.